The Balaban J connectivity index is 0.00000242. The molecule has 1 saturated heterocycles. The van der Waals surface area contributed by atoms with E-state index in [9.17, 15) is 8.42 Å². The van der Waals surface area contributed by atoms with Crippen molar-refractivity contribution in [1.29, 1.82) is 0 Å². The first kappa shape index (κ1) is 19.4. The van der Waals surface area contributed by atoms with Gasteiger partial charge in [0.25, 0.3) is 0 Å². The number of halogens is 1. The van der Waals surface area contributed by atoms with Crippen molar-refractivity contribution >= 4 is 22.4 Å². The lowest BCUT2D eigenvalue weighted by Gasteiger charge is -2.36. The van der Waals surface area contributed by atoms with Gasteiger partial charge < -0.3 is 5.32 Å². The van der Waals surface area contributed by atoms with Crippen molar-refractivity contribution < 1.29 is 8.42 Å². The minimum atomic E-state index is -3.11. The highest BCUT2D eigenvalue weighted by Crippen LogP contribution is 2.22. The molecule has 0 aromatic heterocycles. The molecule has 126 valence electrons. The van der Waals surface area contributed by atoms with Crippen LogP contribution in [0.3, 0.4) is 0 Å². The highest BCUT2D eigenvalue weighted by atomic mass is 35.5. The molecule has 5 nitrogen and oxygen atoms in total. The third kappa shape index (κ3) is 5.85. The van der Waals surface area contributed by atoms with Gasteiger partial charge in [-0.05, 0) is 17.5 Å². The van der Waals surface area contributed by atoms with E-state index in [1.165, 1.54) is 17.4 Å². The summed E-state index contributed by atoms with van der Waals surface area (Å²) in [4.78, 5) is 2.34. The van der Waals surface area contributed by atoms with E-state index in [4.69, 9.17) is 0 Å². The fourth-order valence-corrected chi connectivity index (χ4v) is 3.15. The van der Waals surface area contributed by atoms with Gasteiger partial charge in [-0.15, -0.1) is 12.4 Å². The monoisotopic (exact) mass is 347 g/mol. The summed E-state index contributed by atoms with van der Waals surface area (Å²) in [5.41, 5.74) is 2.63. The minimum absolute atomic E-state index is 0. The van der Waals surface area contributed by atoms with Crippen LogP contribution in [0.1, 0.15) is 24.1 Å². The van der Waals surface area contributed by atoms with Crippen molar-refractivity contribution in [3.05, 3.63) is 35.4 Å². The number of benzene rings is 1. The molecular formula is C15H26ClN3O2S. The van der Waals surface area contributed by atoms with Crippen LogP contribution in [0.25, 0.3) is 0 Å². The summed E-state index contributed by atoms with van der Waals surface area (Å²) in [6.07, 6.45) is 2.25. The lowest BCUT2D eigenvalue weighted by molar-refractivity contribution is 0.165. The number of sulfonamides is 1. The molecule has 1 aliphatic heterocycles. The van der Waals surface area contributed by atoms with Crippen LogP contribution in [0, 0.1) is 0 Å². The van der Waals surface area contributed by atoms with Crippen LogP contribution >= 0.6 is 12.4 Å². The van der Waals surface area contributed by atoms with E-state index in [-0.39, 0.29) is 12.4 Å². The van der Waals surface area contributed by atoms with E-state index in [2.05, 4.69) is 46.1 Å². The van der Waals surface area contributed by atoms with Gasteiger partial charge in [0.05, 0.1) is 6.26 Å². The van der Waals surface area contributed by atoms with E-state index < -0.39 is 10.0 Å². The molecule has 1 aromatic rings. The normalized spacial score (nSPS) is 19.6. The Bertz CT molecular complexity index is 548. The molecule has 1 atom stereocenters. The molecule has 1 heterocycles. The molecule has 2 N–H and O–H groups in total. The van der Waals surface area contributed by atoms with Gasteiger partial charge in [0.1, 0.15) is 0 Å². The molecule has 0 amide bonds. The van der Waals surface area contributed by atoms with Gasteiger partial charge in [-0.3, -0.25) is 4.90 Å². The summed E-state index contributed by atoms with van der Waals surface area (Å²) in [5.74, 6) is 0. The third-order valence-corrected chi connectivity index (χ3v) is 4.62. The van der Waals surface area contributed by atoms with Crippen LogP contribution in [0.4, 0.5) is 0 Å². The molecular weight excluding hydrogens is 322 g/mol. The highest BCUT2D eigenvalue weighted by molar-refractivity contribution is 7.88. The number of hydrogen-bond acceptors (Lipinski definition) is 4. The second-order valence-corrected chi connectivity index (χ2v) is 7.35. The van der Waals surface area contributed by atoms with Gasteiger partial charge in [0, 0.05) is 38.8 Å². The Morgan fingerprint density at radius 2 is 2.00 bits per heavy atom. The largest absolute Gasteiger partial charge is 0.314 e. The van der Waals surface area contributed by atoms with Gasteiger partial charge in [0.15, 0.2) is 0 Å². The molecule has 0 bridgehead atoms. The van der Waals surface area contributed by atoms with E-state index in [0.29, 0.717) is 12.6 Å². The zero-order valence-electron chi connectivity index (χ0n) is 13.2. The van der Waals surface area contributed by atoms with Crippen molar-refractivity contribution in [3.8, 4) is 0 Å². The number of nitrogens with zero attached hydrogens (tertiary/aromatic N) is 1. The minimum Gasteiger partial charge on any atom is -0.314 e. The second kappa shape index (κ2) is 8.84. The first-order valence-electron chi connectivity index (χ1n) is 7.48. The summed E-state index contributed by atoms with van der Waals surface area (Å²) < 4.78 is 24.9. The first-order valence-corrected chi connectivity index (χ1v) is 9.37. The smallest absolute Gasteiger partial charge is 0.208 e. The van der Waals surface area contributed by atoms with Crippen LogP contribution in [-0.4, -0.2) is 52.3 Å². The number of piperazine rings is 1. The fraction of sp³-hybridized carbons (Fsp3) is 0.600. The highest BCUT2D eigenvalue weighted by Gasteiger charge is 2.23. The SMILES string of the molecule is CCc1ccc(C2CNCCN2CCNS(C)(=O)=O)cc1.Cl. The molecule has 0 saturated carbocycles. The molecule has 0 aliphatic carbocycles. The van der Waals surface area contributed by atoms with E-state index in [1.807, 2.05) is 0 Å². The summed E-state index contributed by atoms with van der Waals surface area (Å²) in [6.45, 7) is 6.13. The van der Waals surface area contributed by atoms with E-state index >= 15 is 0 Å². The molecule has 1 fully saturated rings. The predicted molar refractivity (Wildman–Crippen MR) is 93.1 cm³/mol. The fourth-order valence-electron chi connectivity index (χ4n) is 2.69. The topological polar surface area (TPSA) is 61.4 Å². The van der Waals surface area contributed by atoms with Crippen LogP contribution in [0.2, 0.25) is 0 Å². The average molecular weight is 348 g/mol. The molecule has 0 spiro atoms. The maximum absolute atomic E-state index is 11.2. The summed E-state index contributed by atoms with van der Waals surface area (Å²) in [6, 6.07) is 9.04. The molecule has 1 aromatic carbocycles. The zero-order valence-corrected chi connectivity index (χ0v) is 14.8. The lowest BCUT2D eigenvalue weighted by Crippen LogP contribution is -2.48. The Morgan fingerprint density at radius 1 is 1.32 bits per heavy atom. The van der Waals surface area contributed by atoms with Crippen molar-refractivity contribution in [2.75, 3.05) is 39.0 Å². The second-order valence-electron chi connectivity index (χ2n) is 5.52. The lowest BCUT2D eigenvalue weighted by atomic mass is 10.0. The number of hydrogen-bond donors (Lipinski definition) is 2. The maximum Gasteiger partial charge on any atom is 0.208 e. The average Bonchev–Trinajstić information content (AvgIpc) is 2.47. The molecule has 2 rings (SSSR count). The summed E-state index contributed by atoms with van der Waals surface area (Å²) in [5, 5.41) is 3.42. The molecule has 1 unspecified atom stereocenters. The van der Waals surface area contributed by atoms with E-state index in [0.717, 1.165) is 32.6 Å². The summed E-state index contributed by atoms with van der Waals surface area (Å²) >= 11 is 0. The van der Waals surface area contributed by atoms with Crippen molar-refractivity contribution in [1.82, 2.24) is 14.9 Å². The Kier molecular flexibility index (Phi) is 7.79. The third-order valence-electron chi connectivity index (χ3n) is 3.89. The Morgan fingerprint density at radius 3 is 2.59 bits per heavy atom. The van der Waals surface area contributed by atoms with E-state index in [1.54, 1.807) is 0 Å². The maximum atomic E-state index is 11.2. The quantitative estimate of drug-likeness (QED) is 0.811. The zero-order chi connectivity index (χ0) is 15.3. The standard InChI is InChI=1S/C15H25N3O2S.ClH/c1-3-13-4-6-14(7-5-13)15-12-16-8-10-18(15)11-9-17-21(2,19)20;/h4-7,15-17H,3,8-12H2,1-2H3;1H. The van der Waals surface area contributed by atoms with Crippen LogP contribution < -0.4 is 10.0 Å². The van der Waals surface area contributed by atoms with Crippen LogP contribution in [0.5, 0.6) is 0 Å². The van der Waals surface area contributed by atoms with Crippen molar-refractivity contribution in [2.24, 2.45) is 0 Å². The van der Waals surface area contributed by atoms with Gasteiger partial charge in [-0.2, -0.15) is 0 Å². The van der Waals surface area contributed by atoms with Crippen molar-refractivity contribution in [2.45, 2.75) is 19.4 Å². The Hall–Kier alpha value is -0.660. The van der Waals surface area contributed by atoms with Gasteiger partial charge in [0.2, 0.25) is 10.0 Å². The molecule has 22 heavy (non-hydrogen) atoms. The molecule has 0 radical (unpaired) electrons. The van der Waals surface area contributed by atoms with Crippen molar-refractivity contribution in [3.63, 3.8) is 0 Å². The first-order chi connectivity index (χ1) is 9.99. The summed E-state index contributed by atoms with van der Waals surface area (Å²) in [7, 11) is -3.11. The number of rotatable bonds is 6. The van der Waals surface area contributed by atoms with Gasteiger partial charge >= 0.3 is 0 Å². The molecule has 1 aliphatic rings. The van der Waals surface area contributed by atoms with Crippen LogP contribution in [-0.2, 0) is 16.4 Å². The predicted octanol–water partition coefficient (Wildman–Crippen LogP) is 1.17. The van der Waals surface area contributed by atoms with Crippen LogP contribution in [0.15, 0.2) is 24.3 Å². The molecule has 7 heteroatoms. The Labute approximate surface area is 139 Å². The van der Waals surface area contributed by atoms with Gasteiger partial charge in [-0.1, -0.05) is 31.2 Å². The number of aryl methyl sites for hydroxylation is 1. The number of nitrogens with one attached hydrogen (secondary N) is 2. The van der Waals surface area contributed by atoms with Gasteiger partial charge in [-0.25, -0.2) is 13.1 Å².